The van der Waals surface area contributed by atoms with Gasteiger partial charge in [-0.3, -0.25) is 14.4 Å². The molecule has 174 valence electrons. The largest absolute Gasteiger partial charge is 0.480 e. The van der Waals surface area contributed by atoms with Gasteiger partial charge in [-0.05, 0) is 31.6 Å². The van der Waals surface area contributed by atoms with Crippen LogP contribution in [0.15, 0.2) is 0 Å². The Hall–Kier alpha value is -1.85. The first-order valence-electron chi connectivity index (χ1n) is 9.98. The van der Waals surface area contributed by atoms with E-state index in [-0.39, 0.29) is 24.0 Å². The normalized spacial score (nSPS) is 16.3. The molecular formula is C19H36N4O6S. The average Bonchev–Trinajstić information content (AvgIpc) is 2.61. The third-order valence-corrected chi connectivity index (χ3v) is 4.63. The maximum Gasteiger partial charge on any atom is 0.328 e. The molecule has 0 aromatic rings. The number of carboxylic acids is 1. The quantitative estimate of drug-likeness (QED) is 0.182. The van der Waals surface area contributed by atoms with Gasteiger partial charge in [0.25, 0.3) is 0 Å². The zero-order valence-corrected chi connectivity index (χ0v) is 19.1. The number of aliphatic hydroxyl groups is 1. The van der Waals surface area contributed by atoms with Crippen LogP contribution in [-0.2, 0) is 19.2 Å². The lowest BCUT2D eigenvalue weighted by molar-refractivity contribution is -0.145. The number of amides is 3. The van der Waals surface area contributed by atoms with E-state index >= 15 is 0 Å². The zero-order chi connectivity index (χ0) is 23.6. The van der Waals surface area contributed by atoms with E-state index in [1.165, 1.54) is 6.92 Å². The van der Waals surface area contributed by atoms with E-state index in [4.69, 9.17) is 10.8 Å². The van der Waals surface area contributed by atoms with Crippen molar-refractivity contribution in [2.75, 3.05) is 5.75 Å². The van der Waals surface area contributed by atoms with Crippen LogP contribution in [0.2, 0.25) is 0 Å². The third kappa shape index (κ3) is 10.3. The van der Waals surface area contributed by atoms with Crippen molar-refractivity contribution in [1.82, 2.24) is 16.0 Å². The fraction of sp³-hybridized carbons (Fsp3) is 0.789. The molecule has 3 amide bonds. The fourth-order valence-corrected chi connectivity index (χ4v) is 2.96. The molecular weight excluding hydrogens is 412 g/mol. The summed E-state index contributed by atoms with van der Waals surface area (Å²) in [5.41, 5.74) is 5.84. The highest BCUT2D eigenvalue weighted by atomic mass is 32.1. The third-order valence-electron chi connectivity index (χ3n) is 4.26. The highest BCUT2D eigenvalue weighted by Crippen LogP contribution is 2.08. The number of hydrogen-bond donors (Lipinski definition) is 7. The van der Waals surface area contributed by atoms with Crippen LogP contribution in [0.1, 0.15) is 47.5 Å². The topological polar surface area (TPSA) is 171 Å². The predicted molar refractivity (Wildman–Crippen MR) is 116 cm³/mol. The summed E-state index contributed by atoms with van der Waals surface area (Å²) in [4.78, 5) is 48.7. The van der Waals surface area contributed by atoms with Gasteiger partial charge in [-0.25, -0.2) is 4.79 Å². The van der Waals surface area contributed by atoms with Crippen molar-refractivity contribution < 1.29 is 29.4 Å². The van der Waals surface area contributed by atoms with Gasteiger partial charge < -0.3 is 31.9 Å². The lowest BCUT2D eigenvalue weighted by atomic mass is 10.0. The Balaban J connectivity index is 5.24. The van der Waals surface area contributed by atoms with Crippen LogP contribution in [-0.4, -0.2) is 69.9 Å². The Morgan fingerprint density at radius 3 is 1.70 bits per heavy atom. The highest BCUT2D eigenvalue weighted by Gasteiger charge is 2.31. The van der Waals surface area contributed by atoms with Crippen LogP contribution in [0.4, 0.5) is 0 Å². The molecule has 0 rings (SSSR count). The molecule has 0 aliphatic heterocycles. The van der Waals surface area contributed by atoms with Crippen molar-refractivity contribution >= 4 is 36.3 Å². The number of carbonyl (C=O) groups is 4. The van der Waals surface area contributed by atoms with Crippen LogP contribution in [0.5, 0.6) is 0 Å². The molecule has 10 nitrogen and oxygen atoms in total. The number of aliphatic hydroxyl groups excluding tert-OH is 1. The molecule has 11 heteroatoms. The Morgan fingerprint density at radius 2 is 1.30 bits per heavy atom. The van der Waals surface area contributed by atoms with E-state index in [1.807, 2.05) is 27.7 Å². The SMILES string of the molecule is CC(C)CC(N)C(=O)NC(CS)C(=O)NC(CC(C)C)C(=O)NC(C(=O)O)C(C)O. The van der Waals surface area contributed by atoms with Gasteiger partial charge in [0.15, 0.2) is 6.04 Å². The minimum Gasteiger partial charge on any atom is -0.480 e. The van der Waals surface area contributed by atoms with Gasteiger partial charge in [0.05, 0.1) is 12.1 Å². The van der Waals surface area contributed by atoms with E-state index in [1.54, 1.807) is 0 Å². The number of thiol groups is 1. The van der Waals surface area contributed by atoms with E-state index in [0.717, 1.165) is 0 Å². The smallest absolute Gasteiger partial charge is 0.328 e. The number of hydrogen-bond acceptors (Lipinski definition) is 7. The van der Waals surface area contributed by atoms with Crippen LogP contribution in [0.3, 0.4) is 0 Å². The second-order valence-electron chi connectivity index (χ2n) is 8.24. The fourth-order valence-electron chi connectivity index (χ4n) is 2.71. The zero-order valence-electron chi connectivity index (χ0n) is 18.2. The Morgan fingerprint density at radius 1 is 0.833 bits per heavy atom. The maximum absolute atomic E-state index is 12.6. The van der Waals surface area contributed by atoms with Crippen molar-refractivity contribution in [1.29, 1.82) is 0 Å². The average molecular weight is 449 g/mol. The molecule has 0 spiro atoms. The Labute approximate surface area is 183 Å². The van der Waals surface area contributed by atoms with Crippen molar-refractivity contribution in [3.8, 4) is 0 Å². The molecule has 5 unspecified atom stereocenters. The molecule has 0 aromatic carbocycles. The van der Waals surface area contributed by atoms with Gasteiger partial charge in [-0.1, -0.05) is 27.7 Å². The number of nitrogens with two attached hydrogens (primary N) is 1. The summed E-state index contributed by atoms with van der Waals surface area (Å²) < 4.78 is 0. The highest BCUT2D eigenvalue weighted by molar-refractivity contribution is 7.80. The summed E-state index contributed by atoms with van der Waals surface area (Å²) in [5, 5.41) is 26.0. The summed E-state index contributed by atoms with van der Waals surface area (Å²) in [7, 11) is 0. The molecule has 0 aliphatic carbocycles. The monoisotopic (exact) mass is 448 g/mol. The summed E-state index contributed by atoms with van der Waals surface area (Å²) in [6.45, 7) is 8.74. The molecule has 0 aromatic heterocycles. The number of carboxylic acid groups (broad SMARTS) is 1. The summed E-state index contributed by atoms with van der Waals surface area (Å²) >= 11 is 4.09. The summed E-state index contributed by atoms with van der Waals surface area (Å²) in [5.74, 6) is -3.10. The second kappa shape index (κ2) is 13.5. The van der Waals surface area contributed by atoms with Crippen molar-refractivity contribution in [3.63, 3.8) is 0 Å². The molecule has 7 N–H and O–H groups in total. The molecule has 0 fully saturated rings. The molecule has 0 saturated heterocycles. The molecule has 0 radical (unpaired) electrons. The number of rotatable bonds is 13. The van der Waals surface area contributed by atoms with E-state index in [2.05, 4.69) is 28.6 Å². The molecule has 0 saturated carbocycles. The first kappa shape index (κ1) is 28.1. The van der Waals surface area contributed by atoms with Gasteiger partial charge >= 0.3 is 5.97 Å². The summed E-state index contributed by atoms with van der Waals surface area (Å²) in [6, 6.07) is -4.37. The molecule has 0 aliphatic rings. The van der Waals surface area contributed by atoms with Gasteiger partial charge in [0.1, 0.15) is 12.1 Å². The van der Waals surface area contributed by atoms with Crippen LogP contribution in [0, 0.1) is 11.8 Å². The molecule has 5 atom stereocenters. The molecule has 30 heavy (non-hydrogen) atoms. The van der Waals surface area contributed by atoms with Crippen LogP contribution >= 0.6 is 12.6 Å². The Kier molecular flexibility index (Phi) is 12.6. The van der Waals surface area contributed by atoms with E-state index in [0.29, 0.717) is 6.42 Å². The number of aliphatic carboxylic acids is 1. The predicted octanol–water partition coefficient (Wildman–Crippen LogP) is -0.744. The van der Waals surface area contributed by atoms with E-state index < -0.39 is 54.0 Å². The maximum atomic E-state index is 12.6. The van der Waals surface area contributed by atoms with Gasteiger partial charge in [-0.2, -0.15) is 12.6 Å². The van der Waals surface area contributed by atoms with Crippen molar-refractivity contribution in [3.05, 3.63) is 0 Å². The first-order chi connectivity index (χ1) is 13.8. The Bertz CT molecular complexity index is 600. The van der Waals surface area contributed by atoms with Crippen LogP contribution in [0.25, 0.3) is 0 Å². The standard InChI is InChI=1S/C19H36N4O6S/c1-9(2)6-12(20)16(25)22-14(8-30)18(27)21-13(7-10(3)4)17(26)23-15(11(5)24)19(28)29/h9-15,24,30H,6-8,20H2,1-5H3,(H,21,27)(H,22,25)(H,23,26)(H,28,29). The molecule has 0 bridgehead atoms. The minimum atomic E-state index is -1.52. The van der Waals surface area contributed by atoms with E-state index in [9.17, 15) is 24.3 Å². The lowest BCUT2D eigenvalue weighted by Gasteiger charge is -2.26. The van der Waals surface area contributed by atoms with Crippen LogP contribution < -0.4 is 21.7 Å². The minimum absolute atomic E-state index is 0.000570. The van der Waals surface area contributed by atoms with Gasteiger partial charge in [0, 0.05) is 5.75 Å². The lowest BCUT2D eigenvalue weighted by Crippen LogP contribution is -2.59. The molecule has 0 heterocycles. The van der Waals surface area contributed by atoms with Gasteiger partial charge in [-0.15, -0.1) is 0 Å². The number of nitrogens with one attached hydrogen (secondary N) is 3. The number of carbonyl (C=O) groups excluding carboxylic acids is 3. The van der Waals surface area contributed by atoms with Crippen molar-refractivity contribution in [2.45, 2.75) is 77.7 Å². The van der Waals surface area contributed by atoms with Crippen molar-refractivity contribution in [2.24, 2.45) is 17.6 Å². The first-order valence-corrected chi connectivity index (χ1v) is 10.6. The van der Waals surface area contributed by atoms with Gasteiger partial charge in [0.2, 0.25) is 17.7 Å². The second-order valence-corrected chi connectivity index (χ2v) is 8.60. The summed E-state index contributed by atoms with van der Waals surface area (Å²) in [6.07, 6.45) is -0.654.